The number of halogens is 1. The van der Waals surface area contributed by atoms with E-state index in [0.29, 0.717) is 23.3 Å². The molecule has 0 bridgehead atoms. The van der Waals surface area contributed by atoms with Crippen LogP contribution in [-0.2, 0) is 7.05 Å². The maximum absolute atomic E-state index is 12.8. The number of fused-ring (bicyclic) bond motifs is 1. The zero-order valence-electron chi connectivity index (χ0n) is 15.5. The van der Waals surface area contributed by atoms with Crippen LogP contribution in [0.4, 0.5) is 4.79 Å². The first kappa shape index (κ1) is 18.2. The Morgan fingerprint density at radius 3 is 2.81 bits per heavy atom. The van der Waals surface area contributed by atoms with Gasteiger partial charge in [-0.15, -0.1) is 0 Å². The van der Waals surface area contributed by atoms with Crippen molar-refractivity contribution in [2.24, 2.45) is 7.05 Å². The van der Waals surface area contributed by atoms with Crippen molar-refractivity contribution in [1.82, 2.24) is 20.0 Å². The molecule has 0 saturated carbocycles. The van der Waals surface area contributed by atoms with Gasteiger partial charge in [0, 0.05) is 37.8 Å². The van der Waals surface area contributed by atoms with E-state index in [-0.39, 0.29) is 12.1 Å². The average Bonchev–Trinajstić information content (AvgIpc) is 3.00. The molecule has 1 fully saturated rings. The van der Waals surface area contributed by atoms with E-state index >= 15 is 0 Å². The molecule has 1 N–H and O–H groups in total. The third kappa shape index (κ3) is 3.90. The molecule has 1 aromatic carbocycles. The van der Waals surface area contributed by atoms with E-state index < -0.39 is 0 Å². The largest absolute Gasteiger partial charge is 0.492 e. The second kappa shape index (κ2) is 7.80. The Hall–Kier alpha value is -2.21. The predicted molar refractivity (Wildman–Crippen MR) is 104 cm³/mol. The van der Waals surface area contributed by atoms with Gasteiger partial charge in [-0.2, -0.15) is 5.10 Å². The van der Waals surface area contributed by atoms with Gasteiger partial charge in [0.1, 0.15) is 5.75 Å². The topological polar surface area (TPSA) is 59.4 Å². The van der Waals surface area contributed by atoms with Gasteiger partial charge in [-0.1, -0.05) is 23.7 Å². The molecule has 4 rings (SSSR count). The lowest BCUT2D eigenvalue weighted by Gasteiger charge is -2.32. The van der Waals surface area contributed by atoms with Gasteiger partial charge in [0.05, 0.1) is 23.4 Å². The Balaban J connectivity index is 1.39. The molecule has 1 saturated heterocycles. The first-order chi connectivity index (χ1) is 13.1. The number of benzene rings is 1. The second-order valence-electron chi connectivity index (χ2n) is 7.33. The van der Waals surface area contributed by atoms with Crippen LogP contribution < -0.4 is 10.1 Å². The van der Waals surface area contributed by atoms with Crippen molar-refractivity contribution in [3.05, 3.63) is 46.7 Å². The molecule has 144 valence electrons. The summed E-state index contributed by atoms with van der Waals surface area (Å²) in [4.78, 5) is 14.8. The number of rotatable bonds is 2. The van der Waals surface area contributed by atoms with Crippen LogP contribution in [0.5, 0.6) is 5.75 Å². The maximum Gasteiger partial charge on any atom is 0.317 e. The third-order valence-electron chi connectivity index (χ3n) is 5.49. The van der Waals surface area contributed by atoms with Gasteiger partial charge in [0.15, 0.2) is 0 Å². The van der Waals surface area contributed by atoms with Crippen LogP contribution >= 0.6 is 11.6 Å². The van der Waals surface area contributed by atoms with Crippen LogP contribution in [0.3, 0.4) is 0 Å². The van der Waals surface area contributed by atoms with Crippen molar-refractivity contribution in [1.29, 1.82) is 0 Å². The molecular weight excluding hydrogens is 364 g/mol. The normalized spacial score (nSPS) is 20.5. The molecule has 1 aromatic heterocycles. The summed E-state index contributed by atoms with van der Waals surface area (Å²) in [5.74, 6) is 1.14. The van der Waals surface area contributed by atoms with E-state index in [4.69, 9.17) is 16.3 Å². The summed E-state index contributed by atoms with van der Waals surface area (Å²) < 4.78 is 7.63. The van der Waals surface area contributed by atoms with Crippen molar-refractivity contribution >= 4 is 17.6 Å². The number of aromatic nitrogens is 2. The lowest BCUT2D eigenvalue weighted by atomic mass is 9.94. The van der Waals surface area contributed by atoms with E-state index in [1.165, 1.54) is 0 Å². The van der Waals surface area contributed by atoms with Gasteiger partial charge in [0.2, 0.25) is 0 Å². The number of hydrogen-bond donors (Lipinski definition) is 1. The lowest BCUT2D eigenvalue weighted by Crippen LogP contribution is -2.45. The fourth-order valence-corrected chi connectivity index (χ4v) is 4.23. The van der Waals surface area contributed by atoms with Gasteiger partial charge in [-0.05, 0) is 37.8 Å². The number of ether oxygens (including phenoxy) is 1. The van der Waals surface area contributed by atoms with Crippen molar-refractivity contribution < 1.29 is 9.53 Å². The zero-order chi connectivity index (χ0) is 18.8. The smallest absolute Gasteiger partial charge is 0.317 e. The standard InChI is InChI=1S/C20H25ClN4O2/c1-24-10-9-17(23-24)14-7-11-25(12-8-14)20(26)22-18-6-3-13-27-19-15(18)4-2-5-16(19)21/h2,4-5,9-10,14,18H,3,6-8,11-13H2,1H3,(H,22,26). The number of amides is 2. The predicted octanol–water partition coefficient (Wildman–Crippen LogP) is 3.88. The van der Waals surface area contributed by atoms with Crippen LogP contribution in [0.2, 0.25) is 5.02 Å². The summed E-state index contributed by atoms with van der Waals surface area (Å²) >= 11 is 6.29. The summed E-state index contributed by atoms with van der Waals surface area (Å²) in [5, 5.41) is 8.31. The number of nitrogens with zero attached hydrogens (tertiary/aromatic N) is 3. The van der Waals surface area contributed by atoms with Gasteiger partial charge >= 0.3 is 6.03 Å². The van der Waals surface area contributed by atoms with E-state index in [0.717, 1.165) is 50.0 Å². The number of piperidine rings is 1. The summed E-state index contributed by atoms with van der Waals surface area (Å²) in [5.41, 5.74) is 2.10. The first-order valence-corrected chi connectivity index (χ1v) is 9.96. The van der Waals surface area contributed by atoms with Crippen LogP contribution in [0.1, 0.15) is 48.9 Å². The van der Waals surface area contributed by atoms with E-state index in [1.54, 1.807) is 0 Å². The molecule has 1 atom stereocenters. The molecule has 3 heterocycles. The third-order valence-corrected chi connectivity index (χ3v) is 5.79. The van der Waals surface area contributed by atoms with Gasteiger partial charge in [0.25, 0.3) is 0 Å². The van der Waals surface area contributed by atoms with E-state index in [1.807, 2.05) is 41.0 Å². The Morgan fingerprint density at radius 1 is 1.26 bits per heavy atom. The number of nitrogens with one attached hydrogen (secondary N) is 1. The minimum Gasteiger partial charge on any atom is -0.492 e. The zero-order valence-corrected chi connectivity index (χ0v) is 16.3. The van der Waals surface area contributed by atoms with E-state index in [9.17, 15) is 4.79 Å². The van der Waals surface area contributed by atoms with Crippen LogP contribution in [0.25, 0.3) is 0 Å². The van der Waals surface area contributed by atoms with Crippen molar-refractivity contribution in [3.8, 4) is 5.75 Å². The molecular formula is C20H25ClN4O2. The molecule has 1 unspecified atom stereocenters. The molecule has 7 heteroatoms. The minimum absolute atomic E-state index is 0.00713. The molecule has 2 aromatic rings. The quantitative estimate of drug-likeness (QED) is 0.849. The average molecular weight is 389 g/mol. The summed E-state index contributed by atoms with van der Waals surface area (Å²) in [6.07, 6.45) is 5.60. The van der Waals surface area contributed by atoms with Crippen molar-refractivity contribution in [3.63, 3.8) is 0 Å². The van der Waals surface area contributed by atoms with Crippen molar-refractivity contribution in [2.75, 3.05) is 19.7 Å². The molecule has 0 spiro atoms. The van der Waals surface area contributed by atoms with Gasteiger partial charge in [-0.25, -0.2) is 4.79 Å². The van der Waals surface area contributed by atoms with Crippen LogP contribution in [0, 0.1) is 0 Å². The molecule has 2 aliphatic heterocycles. The lowest BCUT2D eigenvalue weighted by molar-refractivity contribution is 0.176. The van der Waals surface area contributed by atoms with Gasteiger partial charge < -0.3 is 15.0 Å². The summed E-state index contributed by atoms with van der Waals surface area (Å²) in [7, 11) is 1.94. The molecule has 6 nitrogen and oxygen atoms in total. The SMILES string of the molecule is Cn1ccc(C2CCN(C(=O)NC3CCCOc4c(Cl)cccc43)CC2)n1. The second-order valence-corrected chi connectivity index (χ2v) is 7.73. The fraction of sp³-hybridized carbons (Fsp3) is 0.500. The minimum atomic E-state index is -0.0674. The monoisotopic (exact) mass is 388 g/mol. The Kier molecular flexibility index (Phi) is 5.25. The van der Waals surface area contributed by atoms with Gasteiger partial charge in [-0.3, -0.25) is 4.68 Å². The van der Waals surface area contributed by atoms with E-state index in [2.05, 4.69) is 16.5 Å². The first-order valence-electron chi connectivity index (χ1n) is 9.58. The number of hydrogen-bond acceptors (Lipinski definition) is 3. The molecule has 0 aliphatic carbocycles. The number of carbonyl (C=O) groups is 1. The number of urea groups is 1. The Morgan fingerprint density at radius 2 is 2.07 bits per heavy atom. The van der Waals surface area contributed by atoms with Crippen molar-refractivity contribution in [2.45, 2.75) is 37.6 Å². The molecule has 27 heavy (non-hydrogen) atoms. The highest BCUT2D eigenvalue weighted by molar-refractivity contribution is 6.32. The number of aryl methyl sites for hydroxylation is 1. The highest BCUT2D eigenvalue weighted by atomic mass is 35.5. The van der Waals surface area contributed by atoms with Crippen LogP contribution in [0.15, 0.2) is 30.5 Å². The maximum atomic E-state index is 12.8. The highest BCUT2D eigenvalue weighted by Gasteiger charge is 2.28. The highest BCUT2D eigenvalue weighted by Crippen LogP contribution is 2.37. The molecule has 0 radical (unpaired) electrons. The summed E-state index contributed by atoms with van der Waals surface area (Å²) in [6.45, 7) is 2.12. The molecule has 2 amide bonds. The number of para-hydroxylation sites is 1. The summed E-state index contributed by atoms with van der Waals surface area (Å²) in [6, 6.07) is 7.73. The number of likely N-dealkylation sites (tertiary alicyclic amines) is 1. The number of carbonyl (C=O) groups excluding carboxylic acids is 1. The molecule has 2 aliphatic rings. The Bertz CT molecular complexity index is 814. The Labute approximate surface area is 164 Å². The van der Waals surface area contributed by atoms with Crippen LogP contribution in [-0.4, -0.2) is 40.4 Å². The fourth-order valence-electron chi connectivity index (χ4n) is 3.99.